The van der Waals surface area contributed by atoms with Crippen LogP contribution in [-0.4, -0.2) is 71.7 Å². The predicted octanol–water partition coefficient (Wildman–Crippen LogP) is 2.14. The number of ether oxygens (including phenoxy) is 2. The van der Waals surface area contributed by atoms with E-state index in [1.807, 2.05) is 0 Å². The summed E-state index contributed by atoms with van der Waals surface area (Å²) in [7, 11) is 0. The predicted molar refractivity (Wildman–Crippen MR) is 127 cm³/mol. The van der Waals surface area contributed by atoms with Crippen molar-refractivity contribution in [3.8, 4) is 0 Å². The van der Waals surface area contributed by atoms with Gasteiger partial charge in [-0.15, -0.1) is 13.2 Å². The van der Waals surface area contributed by atoms with Gasteiger partial charge in [0.05, 0.1) is 30.9 Å². The van der Waals surface area contributed by atoms with Crippen LogP contribution >= 0.6 is 0 Å². The molecule has 0 bridgehead atoms. The molecule has 2 N–H and O–H groups in total. The van der Waals surface area contributed by atoms with Gasteiger partial charge in [0.25, 0.3) is 0 Å². The summed E-state index contributed by atoms with van der Waals surface area (Å²) in [5.41, 5.74) is -0.651. The van der Waals surface area contributed by atoms with E-state index in [0.29, 0.717) is 19.4 Å². The Morgan fingerprint density at radius 1 is 1.12 bits per heavy atom. The lowest BCUT2D eigenvalue weighted by Gasteiger charge is -2.28. The van der Waals surface area contributed by atoms with Crippen molar-refractivity contribution in [3.63, 3.8) is 0 Å². The Labute approximate surface area is 202 Å². The summed E-state index contributed by atoms with van der Waals surface area (Å²) in [5.74, 6) is -2.80. The van der Waals surface area contributed by atoms with Crippen LogP contribution in [0, 0.1) is 11.8 Å². The molecule has 1 saturated heterocycles. The number of carbonyl (C=O) groups excluding carboxylic acids is 4. The first-order chi connectivity index (χ1) is 16.0. The van der Waals surface area contributed by atoms with E-state index in [9.17, 15) is 19.2 Å². The summed E-state index contributed by atoms with van der Waals surface area (Å²) >= 11 is 0. The van der Waals surface area contributed by atoms with Crippen molar-refractivity contribution in [1.82, 2.24) is 10.2 Å². The number of likely N-dealkylation sites (tertiary alicyclic amines) is 1. The SMILES string of the molecule is C=CC[C@H](CC(=O)OC(C)(C)C)C(=O)OC[C@@H]1CCCN1C(=O)[C@@H](CC=C)CC(=O)NCCO. The maximum atomic E-state index is 13.1. The van der Waals surface area contributed by atoms with Crippen molar-refractivity contribution in [2.24, 2.45) is 11.8 Å². The van der Waals surface area contributed by atoms with Gasteiger partial charge in [0.2, 0.25) is 11.8 Å². The Bertz CT molecular complexity index is 729. The molecule has 1 heterocycles. The molecule has 9 heteroatoms. The van der Waals surface area contributed by atoms with Crippen molar-refractivity contribution in [2.45, 2.75) is 70.9 Å². The molecule has 1 rings (SSSR count). The van der Waals surface area contributed by atoms with Crippen LogP contribution in [0.2, 0.25) is 0 Å². The number of amides is 2. The van der Waals surface area contributed by atoms with E-state index in [-0.39, 0.29) is 56.9 Å². The fraction of sp³-hybridized carbons (Fsp3) is 0.680. The van der Waals surface area contributed by atoms with Gasteiger partial charge in [-0.3, -0.25) is 19.2 Å². The zero-order chi connectivity index (χ0) is 25.7. The van der Waals surface area contributed by atoms with E-state index in [1.54, 1.807) is 37.8 Å². The average molecular weight is 481 g/mol. The van der Waals surface area contributed by atoms with Crippen LogP contribution in [0.5, 0.6) is 0 Å². The molecule has 0 aliphatic carbocycles. The zero-order valence-electron chi connectivity index (χ0n) is 20.7. The van der Waals surface area contributed by atoms with Gasteiger partial charge in [0.1, 0.15) is 12.2 Å². The fourth-order valence-corrected chi connectivity index (χ4v) is 3.84. The lowest BCUT2D eigenvalue weighted by atomic mass is 9.98. The average Bonchev–Trinajstić information content (AvgIpc) is 3.22. The minimum absolute atomic E-state index is 0.00877. The summed E-state index contributed by atoms with van der Waals surface area (Å²) in [6.45, 7) is 13.1. The van der Waals surface area contributed by atoms with Gasteiger partial charge in [-0.05, 0) is 46.5 Å². The Balaban J connectivity index is 2.74. The molecule has 0 aromatic rings. The summed E-state index contributed by atoms with van der Waals surface area (Å²) in [6, 6.07) is -0.296. The summed E-state index contributed by atoms with van der Waals surface area (Å²) in [6.07, 6.45) is 5.09. The number of hydrogen-bond acceptors (Lipinski definition) is 7. The summed E-state index contributed by atoms with van der Waals surface area (Å²) in [5, 5.41) is 11.4. The van der Waals surface area contributed by atoms with Gasteiger partial charge in [-0.1, -0.05) is 12.2 Å². The number of nitrogens with zero attached hydrogens (tertiary/aromatic N) is 1. The standard InChI is InChI=1S/C25H40N2O7/c1-6-9-18(15-21(29)26-12-14-28)23(31)27-13-8-11-20(27)17-33-24(32)19(10-7-2)16-22(30)34-25(3,4)5/h6-7,18-20,28H,1-2,8-17H2,3-5H3,(H,26,29)/t18-,19+,20-/m0/s1. The Morgan fingerprint density at radius 2 is 1.76 bits per heavy atom. The number of aliphatic hydroxyl groups excluding tert-OH is 1. The molecule has 0 saturated carbocycles. The van der Waals surface area contributed by atoms with Crippen LogP contribution in [0.25, 0.3) is 0 Å². The van der Waals surface area contributed by atoms with Crippen LogP contribution in [0.15, 0.2) is 25.3 Å². The summed E-state index contributed by atoms with van der Waals surface area (Å²) < 4.78 is 10.8. The highest BCUT2D eigenvalue weighted by molar-refractivity contribution is 5.86. The first-order valence-electron chi connectivity index (χ1n) is 11.8. The third-order valence-electron chi connectivity index (χ3n) is 5.36. The lowest BCUT2D eigenvalue weighted by molar-refractivity contribution is -0.162. The van der Waals surface area contributed by atoms with Gasteiger partial charge in [0, 0.05) is 19.5 Å². The molecule has 0 aromatic heterocycles. The van der Waals surface area contributed by atoms with Gasteiger partial charge in [-0.2, -0.15) is 0 Å². The second kappa shape index (κ2) is 14.6. The highest BCUT2D eigenvalue weighted by Crippen LogP contribution is 2.24. The van der Waals surface area contributed by atoms with Gasteiger partial charge >= 0.3 is 11.9 Å². The minimum atomic E-state index is -0.707. The van der Waals surface area contributed by atoms with Crippen LogP contribution in [0.3, 0.4) is 0 Å². The molecular formula is C25H40N2O7. The number of nitrogens with one attached hydrogen (secondary N) is 1. The molecule has 1 fully saturated rings. The largest absolute Gasteiger partial charge is 0.463 e. The molecule has 192 valence electrons. The van der Waals surface area contributed by atoms with E-state index < -0.39 is 29.4 Å². The zero-order valence-corrected chi connectivity index (χ0v) is 20.7. The van der Waals surface area contributed by atoms with Crippen molar-refractivity contribution >= 4 is 23.8 Å². The number of allylic oxidation sites excluding steroid dienone is 2. The number of rotatable bonds is 14. The highest BCUT2D eigenvalue weighted by atomic mass is 16.6. The number of hydrogen-bond donors (Lipinski definition) is 2. The molecule has 1 aliphatic rings. The minimum Gasteiger partial charge on any atom is -0.463 e. The van der Waals surface area contributed by atoms with Gasteiger partial charge in [0.15, 0.2) is 0 Å². The second-order valence-electron chi connectivity index (χ2n) is 9.47. The van der Waals surface area contributed by atoms with Crippen molar-refractivity contribution in [3.05, 3.63) is 25.3 Å². The quantitative estimate of drug-likeness (QED) is 0.288. The molecular weight excluding hydrogens is 440 g/mol. The van der Waals surface area contributed by atoms with Crippen LogP contribution in [-0.2, 0) is 28.7 Å². The monoisotopic (exact) mass is 480 g/mol. The molecule has 34 heavy (non-hydrogen) atoms. The fourth-order valence-electron chi connectivity index (χ4n) is 3.84. The maximum absolute atomic E-state index is 13.1. The van der Waals surface area contributed by atoms with E-state index in [0.717, 1.165) is 6.42 Å². The molecule has 9 nitrogen and oxygen atoms in total. The van der Waals surface area contributed by atoms with Gasteiger partial charge < -0.3 is 24.8 Å². The number of aliphatic hydroxyl groups is 1. The molecule has 0 radical (unpaired) electrons. The number of esters is 2. The molecule has 0 spiro atoms. The molecule has 2 amide bonds. The van der Waals surface area contributed by atoms with Crippen LogP contribution in [0.1, 0.15) is 59.3 Å². The normalized spacial score (nSPS) is 17.4. The molecule has 0 unspecified atom stereocenters. The van der Waals surface area contributed by atoms with Crippen molar-refractivity contribution in [2.75, 3.05) is 26.3 Å². The third-order valence-corrected chi connectivity index (χ3v) is 5.36. The van der Waals surface area contributed by atoms with E-state index >= 15 is 0 Å². The van der Waals surface area contributed by atoms with E-state index in [2.05, 4.69) is 18.5 Å². The lowest BCUT2D eigenvalue weighted by Crippen LogP contribution is -2.43. The first-order valence-corrected chi connectivity index (χ1v) is 11.8. The summed E-state index contributed by atoms with van der Waals surface area (Å²) in [4.78, 5) is 51.7. The topological polar surface area (TPSA) is 122 Å². The molecule has 3 atom stereocenters. The van der Waals surface area contributed by atoms with Crippen LogP contribution in [0.4, 0.5) is 0 Å². The highest BCUT2D eigenvalue weighted by Gasteiger charge is 2.35. The van der Waals surface area contributed by atoms with Crippen LogP contribution < -0.4 is 5.32 Å². The Morgan fingerprint density at radius 3 is 2.35 bits per heavy atom. The smallest absolute Gasteiger partial charge is 0.309 e. The Hall–Kier alpha value is -2.68. The van der Waals surface area contributed by atoms with E-state index in [1.165, 1.54) is 0 Å². The van der Waals surface area contributed by atoms with Crippen molar-refractivity contribution in [1.29, 1.82) is 0 Å². The number of carbonyl (C=O) groups is 4. The molecule has 0 aromatic carbocycles. The third kappa shape index (κ3) is 10.5. The van der Waals surface area contributed by atoms with E-state index in [4.69, 9.17) is 14.6 Å². The van der Waals surface area contributed by atoms with Gasteiger partial charge in [-0.25, -0.2) is 0 Å². The maximum Gasteiger partial charge on any atom is 0.309 e. The molecule has 1 aliphatic heterocycles. The first kappa shape index (κ1) is 29.4. The second-order valence-corrected chi connectivity index (χ2v) is 9.47. The van der Waals surface area contributed by atoms with Crippen molar-refractivity contribution < 1.29 is 33.8 Å². The Kier molecular flexibility index (Phi) is 12.6.